The first-order chi connectivity index (χ1) is 8.49. The summed E-state index contributed by atoms with van der Waals surface area (Å²) in [6, 6.07) is 0. The molecule has 1 fully saturated rings. The van der Waals surface area contributed by atoms with Crippen LogP contribution in [0.25, 0.3) is 0 Å². The van der Waals surface area contributed by atoms with Crippen LogP contribution in [0, 0.1) is 0 Å². The third-order valence-corrected chi connectivity index (χ3v) is 5.47. The van der Waals surface area contributed by atoms with Crippen LogP contribution in [0.5, 0.6) is 0 Å². The lowest BCUT2D eigenvalue weighted by Crippen LogP contribution is -2.59. The maximum absolute atomic E-state index is 11.8. The minimum atomic E-state index is -0.149. The molecule has 0 saturated carbocycles. The van der Waals surface area contributed by atoms with Gasteiger partial charge in [0.2, 0.25) is 5.91 Å². The summed E-state index contributed by atoms with van der Waals surface area (Å²) in [5.74, 6) is -0.0107. The molecule has 0 radical (unpaired) electrons. The SMILES string of the molecule is CCC(CC)(CNC(=O)COC1(C)CNC1)SC. The number of nitrogens with one attached hydrogen (secondary N) is 2. The molecule has 2 N–H and O–H groups in total. The molecule has 0 aliphatic carbocycles. The first kappa shape index (κ1) is 15.8. The monoisotopic (exact) mass is 274 g/mol. The van der Waals surface area contributed by atoms with E-state index >= 15 is 0 Å². The van der Waals surface area contributed by atoms with Crippen molar-refractivity contribution in [2.24, 2.45) is 0 Å². The lowest BCUT2D eigenvalue weighted by atomic mass is 10.0. The van der Waals surface area contributed by atoms with E-state index in [-0.39, 0.29) is 22.9 Å². The third-order valence-electron chi connectivity index (χ3n) is 3.88. The number of ether oxygens (including phenoxy) is 1. The predicted octanol–water partition coefficient (Wildman–Crippen LogP) is 1.40. The van der Waals surface area contributed by atoms with Crippen LogP contribution >= 0.6 is 11.8 Å². The molecule has 0 spiro atoms. The van der Waals surface area contributed by atoms with Gasteiger partial charge in [-0.2, -0.15) is 11.8 Å². The molecular formula is C13H26N2O2S. The minimum absolute atomic E-state index is 0.0107. The molecule has 0 bridgehead atoms. The van der Waals surface area contributed by atoms with E-state index in [9.17, 15) is 4.79 Å². The average molecular weight is 274 g/mol. The molecule has 1 saturated heterocycles. The van der Waals surface area contributed by atoms with Crippen LogP contribution in [-0.2, 0) is 9.53 Å². The first-order valence-corrected chi connectivity index (χ1v) is 7.88. The lowest BCUT2D eigenvalue weighted by molar-refractivity contribution is -0.135. The normalized spacial score (nSPS) is 18.2. The van der Waals surface area contributed by atoms with Gasteiger partial charge in [-0.25, -0.2) is 0 Å². The molecule has 0 aromatic rings. The summed E-state index contributed by atoms with van der Waals surface area (Å²) >= 11 is 1.83. The molecule has 0 aromatic heterocycles. The number of hydrogen-bond donors (Lipinski definition) is 2. The van der Waals surface area contributed by atoms with E-state index in [4.69, 9.17) is 4.74 Å². The smallest absolute Gasteiger partial charge is 0.246 e. The van der Waals surface area contributed by atoms with Crippen molar-refractivity contribution in [3.05, 3.63) is 0 Å². The molecule has 1 aliphatic rings. The van der Waals surface area contributed by atoms with E-state index in [1.807, 2.05) is 18.7 Å². The van der Waals surface area contributed by atoms with E-state index in [0.29, 0.717) is 0 Å². The van der Waals surface area contributed by atoms with E-state index in [1.54, 1.807) is 0 Å². The molecule has 18 heavy (non-hydrogen) atoms. The number of rotatable bonds is 8. The zero-order valence-corrected chi connectivity index (χ0v) is 12.8. The molecule has 0 atom stereocenters. The maximum atomic E-state index is 11.8. The predicted molar refractivity (Wildman–Crippen MR) is 77.1 cm³/mol. The summed E-state index contributed by atoms with van der Waals surface area (Å²) in [4.78, 5) is 11.8. The lowest BCUT2D eigenvalue weighted by Gasteiger charge is -2.38. The standard InChI is InChI=1S/C13H26N2O2S/c1-5-13(6-2,18-4)10-15-11(16)7-17-12(3)8-14-9-12/h14H,5-10H2,1-4H3,(H,15,16). The van der Waals surface area contributed by atoms with Crippen molar-refractivity contribution in [3.63, 3.8) is 0 Å². The molecule has 106 valence electrons. The van der Waals surface area contributed by atoms with Gasteiger partial charge in [0, 0.05) is 24.4 Å². The van der Waals surface area contributed by atoms with Gasteiger partial charge in [-0.05, 0) is 26.0 Å². The Morgan fingerprint density at radius 1 is 1.44 bits per heavy atom. The van der Waals surface area contributed by atoms with E-state index in [1.165, 1.54) is 0 Å². The number of hydrogen-bond acceptors (Lipinski definition) is 4. The van der Waals surface area contributed by atoms with Gasteiger partial charge in [-0.1, -0.05) is 13.8 Å². The number of carbonyl (C=O) groups is 1. The highest BCUT2D eigenvalue weighted by Gasteiger charge is 2.33. The van der Waals surface area contributed by atoms with E-state index < -0.39 is 0 Å². The van der Waals surface area contributed by atoms with Gasteiger partial charge >= 0.3 is 0 Å². The van der Waals surface area contributed by atoms with Crippen LogP contribution in [0.2, 0.25) is 0 Å². The van der Waals surface area contributed by atoms with Gasteiger partial charge in [0.15, 0.2) is 0 Å². The van der Waals surface area contributed by atoms with E-state index in [2.05, 4.69) is 30.7 Å². The fraction of sp³-hybridized carbons (Fsp3) is 0.923. The van der Waals surface area contributed by atoms with Gasteiger partial charge in [0.25, 0.3) is 0 Å². The summed E-state index contributed by atoms with van der Waals surface area (Å²) in [7, 11) is 0. The quantitative estimate of drug-likeness (QED) is 0.702. The second kappa shape index (κ2) is 6.78. The first-order valence-electron chi connectivity index (χ1n) is 6.66. The Bertz CT molecular complexity index is 268. The highest BCUT2D eigenvalue weighted by Crippen LogP contribution is 2.29. The Morgan fingerprint density at radius 2 is 2.06 bits per heavy atom. The maximum Gasteiger partial charge on any atom is 0.246 e. The molecule has 4 nitrogen and oxygen atoms in total. The number of carbonyl (C=O) groups excluding carboxylic acids is 1. The Hall–Kier alpha value is -0.260. The topological polar surface area (TPSA) is 50.4 Å². The summed E-state index contributed by atoms with van der Waals surface area (Å²) in [5.41, 5.74) is -0.149. The molecule has 1 rings (SSSR count). The third kappa shape index (κ3) is 4.14. The van der Waals surface area contributed by atoms with Crippen molar-refractivity contribution in [2.45, 2.75) is 44.0 Å². The summed E-state index contributed by atoms with van der Waals surface area (Å²) in [5, 5.41) is 6.14. The average Bonchev–Trinajstić information content (AvgIpc) is 2.36. The van der Waals surface area contributed by atoms with Gasteiger partial charge in [0.05, 0.1) is 5.60 Å². The second-order valence-electron chi connectivity index (χ2n) is 5.21. The molecule has 1 amide bonds. The zero-order chi connectivity index (χ0) is 13.6. The van der Waals surface area contributed by atoms with Crippen molar-refractivity contribution >= 4 is 17.7 Å². The number of thioether (sulfide) groups is 1. The zero-order valence-electron chi connectivity index (χ0n) is 12.0. The van der Waals surface area contributed by atoms with Crippen molar-refractivity contribution in [2.75, 3.05) is 32.5 Å². The summed E-state index contributed by atoms with van der Waals surface area (Å²) in [6.07, 6.45) is 4.23. The fourth-order valence-corrected chi connectivity index (χ4v) is 2.78. The van der Waals surface area contributed by atoms with Crippen LogP contribution in [0.4, 0.5) is 0 Å². The van der Waals surface area contributed by atoms with Gasteiger partial charge in [-0.3, -0.25) is 4.79 Å². The fourth-order valence-electron chi connectivity index (χ4n) is 1.99. The Kier molecular flexibility index (Phi) is 5.95. The second-order valence-corrected chi connectivity index (χ2v) is 6.49. The minimum Gasteiger partial charge on any atom is -0.363 e. The van der Waals surface area contributed by atoms with Crippen molar-refractivity contribution in [1.82, 2.24) is 10.6 Å². The molecule has 1 heterocycles. The molecule has 0 aromatic carbocycles. The van der Waals surface area contributed by atoms with Crippen LogP contribution in [0.15, 0.2) is 0 Å². The van der Waals surface area contributed by atoms with Gasteiger partial charge in [0.1, 0.15) is 6.61 Å². The summed E-state index contributed by atoms with van der Waals surface area (Å²) in [6.45, 7) is 8.92. The van der Waals surface area contributed by atoms with Crippen LogP contribution < -0.4 is 10.6 Å². The Balaban J connectivity index is 2.27. The van der Waals surface area contributed by atoms with Gasteiger partial charge in [-0.15, -0.1) is 0 Å². The van der Waals surface area contributed by atoms with Crippen LogP contribution in [0.1, 0.15) is 33.6 Å². The highest BCUT2D eigenvalue weighted by atomic mass is 32.2. The van der Waals surface area contributed by atoms with Crippen LogP contribution in [0.3, 0.4) is 0 Å². The summed E-state index contributed by atoms with van der Waals surface area (Å²) < 4.78 is 5.78. The van der Waals surface area contributed by atoms with Crippen molar-refractivity contribution in [1.29, 1.82) is 0 Å². The highest BCUT2D eigenvalue weighted by molar-refractivity contribution is 8.00. The molecular weight excluding hydrogens is 248 g/mol. The van der Waals surface area contributed by atoms with Crippen molar-refractivity contribution < 1.29 is 9.53 Å². The van der Waals surface area contributed by atoms with Crippen LogP contribution in [-0.4, -0.2) is 48.8 Å². The molecule has 5 heteroatoms. The van der Waals surface area contributed by atoms with E-state index in [0.717, 1.165) is 32.5 Å². The largest absolute Gasteiger partial charge is 0.363 e. The number of amides is 1. The Labute approximate surface area is 115 Å². The van der Waals surface area contributed by atoms with Gasteiger partial charge < -0.3 is 15.4 Å². The Morgan fingerprint density at radius 3 is 2.44 bits per heavy atom. The van der Waals surface area contributed by atoms with Crippen molar-refractivity contribution in [3.8, 4) is 0 Å². The molecule has 1 aliphatic heterocycles. The molecule has 0 unspecified atom stereocenters.